The van der Waals surface area contributed by atoms with Crippen LogP contribution in [-0.4, -0.2) is 29.3 Å². The van der Waals surface area contributed by atoms with Gasteiger partial charge < -0.3 is 5.11 Å². The normalized spacial score (nSPS) is 12.7. The summed E-state index contributed by atoms with van der Waals surface area (Å²) in [5, 5.41) is 18.9. The van der Waals surface area contributed by atoms with Crippen molar-refractivity contribution in [2.24, 2.45) is 5.14 Å². The molecule has 7 nitrogen and oxygen atoms in total. The Morgan fingerprint density at radius 3 is 2.22 bits per heavy atom. The molecule has 3 N–H and O–H groups in total. The van der Waals surface area contributed by atoms with Crippen LogP contribution in [0.15, 0.2) is 59.5 Å². The summed E-state index contributed by atoms with van der Waals surface area (Å²) in [6.07, 6.45) is 0. The van der Waals surface area contributed by atoms with Gasteiger partial charge in [0.1, 0.15) is 0 Å². The van der Waals surface area contributed by atoms with Gasteiger partial charge in [0.05, 0.1) is 27.9 Å². The maximum absolute atomic E-state index is 11.5. The van der Waals surface area contributed by atoms with E-state index in [9.17, 15) is 18.3 Å². The van der Waals surface area contributed by atoms with Gasteiger partial charge in [-0.1, -0.05) is 29.8 Å². The summed E-state index contributed by atoms with van der Waals surface area (Å²) >= 11 is 0. The van der Waals surface area contributed by atoms with Gasteiger partial charge in [0.2, 0.25) is 10.0 Å². The fourth-order valence-corrected chi connectivity index (χ4v) is 3.16. The van der Waals surface area contributed by atoms with Crippen LogP contribution in [0.4, 0.5) is 0 Å². The Morgan fingerprint density at radius 1 is 1.11 bits per heavy atom. The Morgan fingerprint density at radius 2 is 1.70 bits per heavy atom. The number of sulfonamides is 1. The van der Waals surface area contributed by atoms with Gasteiger partial charge in [0.15, 0.2) is 0 Å². The van der Waals surface area contributed by atoms with Crippen molar-refractivity contribution in [2.45, 2.75) is 24.7 Å². The van der Waals surface area contributed by atoms with Gasteiger partial charge in [-0.05, 0) is 44.2 Å². The van der Waals surface area contributed by atoms with E-state index in [1.54, 1.807) is 29.8 Å². The van der Waals surface area contributed by atoms with Crippen LogP contribution >= 0.6 is 0 Å². The van der Waals surface area contributed by atoms with Crippen molar-refractivity contribution in [3.05, 3.63) is 65.9 Å². The predicted octanol–water partition coefficient (Wildman–Crippen LogP) is 2.68. The number of carbonyl (C=O) groups is 1. The first kappa shape index (κ1) is 18.8. The predicted molar refractivity (Wildman–Crippen MR) is 101 cm³/mol. The third kappa shape index (κ3) is 3.91. The molecule has 0 aliphatic heterocycles. The van der Waals surface area contributed by atoms with Gasteiger partial charge in [-0.2, -0.15) is 5.10 Å². The van der Waals surface area contributed by atoms with Crippen LogP contribution in [0.3, 0.4) is 0 Å². The molecule has 3 rings (SSSR count). The van der Waals surface area contributed by atoms with E-state index in [-0.39, 0.29) is 4.90 Å². The van der Waals surface area contributed by atoms with E-state index in [0.717, 1.165) is 11.1 Å². The zero-order valence-electron chi connectivity index (χ0n) is 14.8. The lowest BCUT2D eigenvalue weighted by molar-refractivity contribution is -0.138. The number of nitrogens with two attached hydrogens (primary N) is 1. The van der Waals surface area contributed by atoms with Crippen molar-refractivity contribution in [1.29, 1.82) is 0 Å². The molecule has 0 amide bonds. The fraction of sp³-hybridized carbons (Fsp3) is 0.158. The van der Waals surface area contributed by atoms with E-state index in [0.29, 0.717) is 17.1 Å². The number of aliphatic carboxylic acids is 1. The SMILES string of the molecule is Cc1ccc(-c2cc(C(C)C(=O)O)nn2-c2ccc(S(N)(=O)=O)cc2)cc1. The Hall–Kier alpha value is -2.97. The first-order valence-corrected chi connectivity index (χ1v) is 9.74. The minimum Gasteiger partial charge on any atom is -0.481 e. The quantitative estimate of drug-likeness (QED) is 0.701. The number of benzene rings is 2. The summed E-state index contributed by atoms with van der Waals surface area (Å²) in [7, 11) is -3.80. The van der Waals surface area contributed by atoms with Crippen molar-refractivity contribution in [3.8, 4) is 16.9 Å². The fourth-order valence-electron chi connectivity index (χ4n) is 2.64. The first-order valence-electron chi connectivity index (χ1n) is 8.20. The van der Waals surface area contributed by atoms with Crippen LogP contribution in [-0.2, 0) is 14.8 Å². The van der Waals surface area contributed by atoms with Crippen molar-refractivity contribution < 1.29 is 18.3 Å². The van der Waals surface area contributed by atoms with Crippen molar-refractivity contribution in [3.63, 3.8) is 0 Å². The van der Waals surface area contributed by atoms with E-state index in [2.05, 4.69) is 5.10 Å². The molecule has 0 aliphatic rings. The molecular formula is C19H19N3O4S. The summed E-state index contributed by atoms with van der Waals surface area (Å²) in [5.74, 6) is -1.75. The van der Waals surface area contributed by atoms with Gasteiger partial charge in [-0.15, -0.1) is 0 Å². The second-order valence-electron chi connectivity index (χ2n) is 6.33. The number of primary sulfonamides is 1. The molecule has 1 atom stereocenters. The Bertz CT molecular complexity index is 1080. The molecule has 8 heteroatoms. The molecule has 1 unspecified atom stereocenters. The third-order valence-electron chi connectivity index (χ3n) is 4.30. The lowest BCUT2D eigenvalue weighted by Gasteiger charge is -2.09. The molecule has 27 heavy (non-hydrogen) atoms. The first-order chi connectivity index (χ1) is 12.7. The number of carboxylic acid groups (broad SMARTS) is 1. The maximum Gasteiger partial charge on any atom is 0.312 e. The number of nitrogens with zero attached hydrogens (tertiary/aromatic N) is 2. The molecule has 1 heterocycles. The average Bonchev–Trinajstić information content (AvgIpc) is 3.06. The third-order valence-corrected chi connectivity index (χ3v) is 5.23. The van der Waals surface area contributed by atoms with E-state index in [1.165, 1.54) is 12.1 Å². The number of carboxylic acids is 1. The van der Waals surface area contributed by atoms with Gasteiger partial charge in [-0.3, -0.25) is 4.79 Å². The number of aryl methyl sites for hydroxylation is 1. The van der Waals surface area contributed by atoms with Crippen LogP contribution in [0.2, 0.25) is 0 Å². The summed E-state index contributed by atoms with van der Waals surface area (Å²) in [4.78, 5) is 11.4. The largest absolute Gasteiger partial charge is 0.481 e. The highest BCUT2D eigenvalue weighted by molar-refractivity contribution is 7.89. The Kier molecular flexibility index (Phi) is 4.86. The molecule has 0 spiro atoms. The van der Waals surface area contributed by atoms with Crippen LogP contribution in [0.1, 0.15) is 24.1 Å². The minimum absolute atomic E-state index is 0.00517. The zero-order valence-corrected chi connectivity index (χ0v) is 15.6. The van der Waals surface area contributed by atoms with E-state index in [4.69, 9.17) is 5.14 Å². The van der Waals surface area contributed by atoms with Crippen molar-refractivity contribution in [1.82, 2.24) is 9.78 Å². The molecule has 0 bridgehead atoms. The standard InChI is InChI=1S/C19H19N3O4S/c1-12-3-5-14(6-4-12)18-11-17(13(2)19(23)24)21-22(18)15-7-9-16(10-8-15)27(20,25)26/h3-11,13H,1-2H3,(H,23,24)(H2,20,25,26). The summed E-state index contributed by atoms with van der Waals surface area (Å²) in [6, 6.07) is 15.5. The smallest absolute Gasteiger partial charge is 0.312 e. The molecule has 1 aromatic heterocycles. The second kappa shape index (κ2) is 6.98. The van der Waals surface area contributed by atoms with Gasteiger partial charge >= 0.3 is 5.97 Å². The van der Waals surface area contributed by atoms with Crippen molar-refractivity contribution in [2.75, 3.05) is 0 Å². The number of rotatable bonds is 5. The summed E-state index contributed by atoms with van der Waals surface area (Å²) in [5.41, 5.74) is 3.69. The average molecular weight is 385 g/mol. The van der Waals surface area contributed by atoms with Gasteiger partial charge in [0.25, 0.3) is 0 Å². The Balaban J connectivity index is 2.15. The molecule has 0 saturated heterocycles. The minimum atomic E-state index is -3.80. The summed E-state index contributed by atoms with van der Waals surface area (Å²) < 4.78 is 24.5. The molecule has 0 saturated carbocycles. The Labute approximate surface area is 157 Å². The lowest BCUT2D eigenvalue weighted by atomic mass is 10.1. The monoisotopic (exact) mass is 385 g/mol. The molecule has 140 valence electrons. The van der Waals surface area contributed by atoms with E-state index >= 15 is 0 Å². The van der Waals surface area contributed by atoms with Crippen LogP contribution < -0.4 is 5.14 Å². The number of aromatic nitrogens is 2. The zero-order chi connectivity index (χ0) is 19.8. The highest BCUT2D eigenvalue weighted by Crippen LogP contribution is 2.28. The molecule has 2 aromatic carbocycles. The number of hydrogen-bond donors (Lipinski definition) is 2. The van der Waals surface area contributed by atoms with Crippen molar-refractivity contribution >= 4 is 16.0 Å². The van der Waals surface area contributed by atoms with Gasteiger partial charge in [0, 0.05) is 5.56 Å². The topological polar surface area (TPSA) is 115 Å². The van der Waals surface area contributed by atoms with Gasteiger partial charge in [-0.25, -0.2) is 18.2 Å². The van der Waals surface area contributed by atoms with E-state index in [1.807, 2.05) is 31.2 Å². The van der Waals surface area contributed by atoms with Crippen LogP contribution in [0, 0.1) is 6.92 Å². The second-order valence-corrected chi connectivity index (χ2v) is 7.89. The molecular weight excluding hydrogens is 366 g/mol. The molecule has 0 radical (unpaired) electrons. The van der Waals surface area contributed by atoms with Crippen LogP contribution in [0.25, 0.3) is 16.9 Å². The highest BCUT2D eigenvalue weighted by atomic mass is 32.2. The maximum atomic E-state index is 11.5. The summed E-state index contributed by atoms with van der Waals surface area (Å²) in [6.45, 7) is 3.54. The lowest BCUT2D eigenvalue weighted by Crippen LogP contribution is -2.12. The van der Waals surface area contributed by atoms with E-state index < -0.39 is 21.9 Å². The molecule has 0 fully saturated rings. The highest BCUT2D eigenvalue weighted by Gasteiger charge is 2.21. The molecule has 3 aromatic rings. The van der Waals surface area contributed by atoms with Crippen LogP contribution in [0.5, 0.6) is 0 Å². The number of hydrogen-bond acceptors (Lipinski definition) is 4. The molecule has 0 aliphatic carbocycles.